The minimum Gasteiger partial charge on any atom is -0.489 e. The molecule has 0 saturated carbocycles. The first-order valence-corrected chi connectivity index (χ1v) is 6.36. The Morgan fingerprint density at radius 3 is 2.81 bits per heavy atom. The lowest BCUT2D eigenvalue weighted by Crippen LogP contribution is -2.15. The summed E-state index contributed by atoms with van der Waals surface area (Å²) in [5, 5.41) is 11.6. The van der Waals surface area contributed by atoms with Crippen molar-refractivity contribution < 1.29 is 14.7 Å². The Labute approximate surface area is 122 Å². The van der Waals surface area contributed by atoms with E-state index in [0.717, 1.165) is 16.9 Å². The Kier molecular flexibility index (Phi) is 5.11. The average molecular weight is 287 g/mol. The predicted octanol–water partition coefficient (Wildman–Crippen LogP) is 1.90. The summed E-state index contributed by atoms with van der Waals surface area (Å²) >= 11 is 0. The molecule has 0 spiro atoms. The van der Waals surface area contributed by atoms with Gasteiger partial charge in [0.1, 0.15) is 18.1 Å². The molecule has 0 atom stereocenters. The van der Waals surface area contributed by atoms with Crippen molar-refractivity contribution in [1.82, 2.24) is 4.98 Å². The smallest absolute Gasteiger partial charge is 0.188 e. The minimum absolute atomic E-state index is 0.0288. The van der Waals surface area contributed by atoms with Crippen LogP contribution in [-0.4, -0.2) is 23.1 Å². The van der Waals surface area contributed by atoms with Gasteiger partial charge in [0.25, 0.3) is 0 Å². The van der Waals surface area contributed by atoms with Gasteiger partial charge in [-0.15, -0.1) is 0 Å². The predicted molar refractivity (Wildman–Crippen MR) is 78.2 cm³/mol. The Morgan fingerprint density at radius 2 is 2.05 bits per heavy atom. The van der Waals surface area contributed by atoms with Gasteiger partial charge in [-0.05, 0) is 35.4 Å². The van der Waals surface area contributed by atoms with E-state index in [1.54, 1.807) is 19.4 Å². The number of ether oxygens (including phenoxy) is 2. The minimum atomic E-state index is -0.0288. The zero-order valence-corrected chi connectivity index (χ0v) is 11.7. The van der Waals surface area contributed by atoms with Crippen molar-refractivity contribution in [1.29, 1.82) is 0 Å². The highest BCUT2D eigenvalue weighted by Gasteiger charge is 2.03. The number of nitrogens with zero attached hydrogens (tertiary/aromatic N) is 2. The van der Waals surface area contributed by atoms with E-state index in [2.05, 4.69) is 10.1 Å². The Balaban J connectivity index is 2.04. The van der Waals surface area contributed by atoms with Crippen LogP contribution in [0.1, 0.15) is 16.8 Å². The summed E-state index contributed by atoms with van der Waals surface area (Å²) in [7, 11) is 1.65. The van der Waals surface area contributed by atoms with Crippen LogP contribution in [0.15, 0.2) is 47.8 Å². The fourth-order valence-corrected chi connectivity index (χ4v) is 1.81. The van der Waals surface area contributed by atoms with Gasteiger partial charge >= 0.3 is 0 Å². The summed E-state index contributed by atoms with van der Waals surface area (Å²) < 4.78 is 10.8. The van der Waals surface area contributed by atoms with Crippen LogP contribution in [0.2, 0.25) is 0 Å². The second-order valence-corrected chi connectivity index (χ2v) is 4.40. The molecule has 0 radical (unpaired) electrons. The highest BCUT2D eigenvalue weighted by Crippen LogP contribution is 2.16. The number of benzene rings is 1. The number of amidine groups is 1. The number of aromatic nitrogens is 1. The fraction of sp³-hybridized carbons (Fsp3) is 0.200. The lowest BCUT2D eigenvalue weighted by Gasteiger charge is -2.08. The normalized spacial score (nSPS) is 11.4. The van der Waals surface area contributed by atoms with Crippen molar-refractivity contribution in [2.75, 3.05) is 7.11 Å². The van der Waals surface area contributed by atoms with Crippen LogP contribution in [-0.2, 0) is 18.0 Å². The number of hydrogen-bond donors (Lipinski definition) is 2. The van der Waals surface area contributed by atoms with Gasteiger partial charge in [-0.3, -0.25) is 4.98 Å². The summed E-state index contributed by atoms with van der Waals surface area (Å²) in [6, 6.07) is 11.2. The van der Waals surface area contributed by atoms with Crippen LogP contribution in [0.5, 0.6) is 5.75 Å². The zero-order valence-electron chi connectivity index (χ0n) is 11.7. The van der Waals surface area contributed by atoms with Crippen molar-refractivity contribution in [2.24, 2.45) is 10.9 Å². The van der Waals surface area contributed by atoms with E-state index < -0.39 is 0 Å². The fourth-order valence-electron chi connectivity index (χ4n) is 1.81. The highest BCUT2D eigenvalue weighted by atomic mass is 16.5. The second kappa shape index (κ2) is 7.25. The van der Waals surface area contributed by atoms with Crippen molar-refractivity contribution in [3.8, 4) is 5.75 Å². The van der Waals surface area contributed by atoms with Gasteiger partial charge in [0.15, 0.2) is 5.84 Å². The molecule has 110 valence electrons. The van der Waals surface area contributed by atoms with Crippen LogP contribution in [0.4, 0.5) is 0 Å². The average Bonchev–Trinajstić information content (AvgIpc) is 2.53. The summed E-state index contributed by atoms with van der Waals surface area (Å²) in [5.41, 5.74) is 7.84. The van der Waals surface area contributed by atoms with E-state index in [9.17, 15) is 0 Å². The number of rotatable bonds is 6. The molecule has 0 fully saturated rings. The molecule has 6 heteroatoms. The molecule has 0 unspecified atom stereocenters. The quantitative estimate of drug-likeness (QED) is 0.366. The summed E-state index contributed by atoms with van der Waals surface area (Å²) in [4.78, 5) is 4.02. The third kappa shape index (κ3) is 4.19. The molecular formula is C15H17N3O3. The first-order chi connectivity index (χ1) is 10.2. The molecule has 2 aromatic rings. The van der Waals surface area contributed by atoms with Gasteiger partial charge < -0.3 is 20.4 Å². The summed E-state index contributed by atoms with van der Waals surface area (Å²) in [5.74, 6) is 0.727. The first-order valence-electron chi connectivity index (χ1n) is 6.36. The highest BCUT2D eigenvalue weighted by molar-refractivity contribution is 5.95. The number of hydrogen-bond acceptors (Lipinski definition) is 5. The third-order valence-electron chi connectivity index (χ3n) is 2.81. The van der Waals surface area contributed by atoms with Crippen LogP contribution < -0.4 is 10.5 Å². The zero-order chi connectivity index (χ0) is 15.1. The molecule has 1 aromatic heterocycles. The number of oxime groups is 1. The van der Waals surface area contributed by atoms with Gasteiger partial charge in [-0.1, -0.05) is 17.3 Å². The van der Waals surface area contributed by atoms with Crippen LogP contribution >= 0.6 is 0 Å². The third-order valence-corrected chi connectivity index (χ3v) is 2.81. The van der Waals surface area contributed by atoms with Gasteiger partial charge in [0, 0.05) is 13.3 Å². The van der Waals surface area contributed by atoms with E-state index in [4.69, 9.17) is 20.4 Å². The van der Waals surface area contributed by atoms with Gasteiger partial charge in [0.2, 0.25) is 0 Å². The topological polar surface area (TPSA) is 90.0 Å². The SMILES string of the molecule is COCc1cccc(OCc2ccnc(C(N)=NO)c2)c1. The maximum atomic E-state index is 8.65. The number of nitrogens with two attached hydrogens (primary N) is 1. The molecule has 3 N–H and O–H groups in total. The van der Waals surface area contributed by atoms with Crippen molar-refractivity contribution in [3.05, 3.63) is 59.4 Å². The van der Waals surface area contributed by atoms with E-state index >= 15 is 0 Å². The summed E-state index contributed by atoms with van der Waals surface area (Å²) in [6.45, 7) is 0.908. The molecule has 2 rings (SSSR count). The van der Waals surface area contributed by atoms with Crippen molar-refractivity contribution in [3.63, 3.8) is 0 Å². The van der Waals surface area contributed by atoms with Crippen LogP contribution in [0, 0.1) is 0 Å². The first kappa shape index (κ1) is 14.8. The van der Waals surface area contributed by atoms with E-state index in [0.29, 0.717) is 18.9 Å². The van der Waals surface area contributed by atoms with E-state index in [1.807, 2.05) is 30.3 Å². The van der Waals surface area contributed by atoms with E-state index in [-0.39, 0.29) is 5.84 Å². The lowest BCUT2D eigenvalue weighted by molar-refractivity contribution is 0.184. The second-order valence-electron chi connectivity index (χ2n) is 4.40. The number of pyridine rings is 1. The molecule has 1 heterocycles. The molecule has 0 amide bonds. The Bertz CT molecular complexity index is 629. The Hall–Kier alpha value is -2.60. The van der Waals surface area contributed by atoms with Crippen molar-refractivity contribution in [2.45, 2.75) is 13.2 Å². The van der Waals surface area contributed by atoms with Crippen LogP contribution in [0.3, 0.4) is 0 Å². The molecule has 6 nitrogen and oxygen atoms in total. The van der Waals surface area contributed by atoms with Gasteiger partial charge in [0.05, 0.1) is 6.61 Å². The summed E-state index contributed by atoms with van der Waals surface area (Å²) in [6.07, 6.45) is 1.59. The standard InChI is InChI=1S/C15H17N3O3/c1-20-9-11-3-2-4-13(7-11)21-10-12-5-6-17-14(8-12)15(16)18-19/h2-8,19H,9-10H2,1H3,(H2,16,18). The van der Waals surface area contributed by atoms with Crippen molar-refractivity contribution >= 4 is 5.84 Å². The monoisotopic (exact) mass is 287 g/mol. The molecule has 21 heavy (non-hydrogen) atoms. The molecule has 0 saturated heterocycles. The largest absolute Gasteiger partial charge is 0.489 e. The van der Waals surface area contributed by atoms with Crippen LogP contribution in [0.25, 0.3) is 0 Å². The molecule has 0 aliphatic rings. The van der Waals surface area contributed by atoms with Gasteiger partial charge in [-0.2, -0.15) is 0 Å². The molecule has 0 bridgehead atoms. The van der Waals surface area contributed by atoms with Gasteiger partial charge in [-0.25, -0.2) is 0 Å². The molecular weight excluding hydrogens is 270 g/mol. The van der Waals surface area contributed by atoms with E-state index in [1.165, 1.54) is 0 Å². The molecule has 0 aliphatic heterocycles. The lowest BCUT2D eigenvalue weighted by atomic mass is 10.2. The molecule has 0 aliphatic carbocycles. The molecule has 1 aromatic carbocycles. The maximum Gasteiger partial charge on any atom is 0.188 e. The Morgan fingerprint density at radius 1 is 1.24 bits per heavy atom. The number of methoxy groups -OCH3 is 1. The maximum absolute atomic E-state index is 8.65.